The molecule has 3 heterocycles. The van der Waals surface area contributed by atoms with Crippen LogP contribution in [0.4, 0.5) is 0 Å². The monoisotopic (exact) mass is 380 g/mol. The van der Waals surface area contributed by atoms with Gasteiger partial charge in [-0.05, 0) is 31.0 Å². The predicted molar refractivity (Wildman–Crippen MR) is 96.1 cm³/mol. The number of hydrogen-bond acceptors (Lipinski definition) is 3. The van der Waals surface area contributed by atoms with E-state index in [2.05, 4.69) is 10.3 Å². The molecular formula is C17H18Cl2N4O2. The topological polar surface area (TPSA) is 67.2 Å². The molecule has 0 spiro atoms. The Kier molecular flexibility index (Phi) is 5.30. The minimum absolute atomic E-state index is 0.00632. The van der Waals surface area contributed by atoms with Crippen molar-refractivity contribution in [2.75, 3.05) is 13.1 Å². The molecule has 2 aromatic heterocycles. The van der Waals surface area contributed by atoms with Crippen LogP contribution in [0.3, 0.4) is 0 Å². The molecule has 2 aromatic rings. The van der Waals surface area contributed by atoms with Gasteiger partial charge in [0.1, 0.15) is 10.8 Å². The predicted octanol–water partition coefficient (Wildman–Crippen LogP) is 2.76. The average molecular weight is 381 g/mol. The summed E-state index contributed by atoms with van der Waals surface area (Å²) in [5.74, 6) is -0.219. The van der Waals surface area contributed by atoms with Crippen LogP contribution in [0.25, 0.3) is 0 Å². The molecule has 1 N–H and O–H groups in total. The summed E-state index contributed by atoms with van der Waals surface area (Å²) >= 11 is 12.0. The molecule has 1 aliphatic heterocycles. The molecule has 0 atom stereocenters. The first-order valence-electron chi connectivity index (χ1n) is 7.98. The molecule has 0 saturated carbocycles. The Labute approximate surface area is 155 Å². The Hall–Kier alpha value is -2.05. The van der Waals surface area contributed by atoms with Crippen LogP contribution in [0.5, 0.6) is 0 Å². The quantitative estimate of drug-likeness (QED) is 0.889. The van der Waals surface area contributed by atoms with E-state index in [0.717, 1.165) is 0 Å². The van der Waals surface area contributed by atoms with E-state index in [1.54, 1.807) is 47.1 Å². The van der Waals surface area contributed by atoms with E-state index in [0.29, 0.717) is 47.4 Å². The lowest BCUT2D eigenvalue weighted by Gasteiger charge is -2.32. The van der Waals surface area contributed by atoms with Gasteiger partial charge in [0.05, 0.1) is 5.02 Å². The maximum absolute atomic E-state index is 12.4. The number of aromatic nitrogens is 2. The lowest BCUT2D eigenvalue weighted by atomic mass is 10.0. The fourth-order valence-electron chi connectivity index (χ4n) is 2.92. The summed E-state index contributed by atoms with van der Waals surface area (Å²) in [6.07, 6.45) is 4.62. The highest BCUT2D eigenvalue weighted by Gasteiger charge is 2.26. The van der Waals surface area contributed by atoms with Crippen LogP contribution in [0.1, 0.15) is 33.7 Å². The first-order valence-corrected chi connectivity index (χ1v) is 8.74. The number of likely N-dealkylation sites (tertiary alicyclic amines) is 1. The highest BCUT2D eigenvalue weighted by Crippen LogP contribution is 2.25. The van der Waals surface area contributed by atoms with Gasteiger partial charge in [0, 0.05) is 44.1 Å². The van der Waals surface area contributed by atoms with Crippen LogP contribution in [0, 0.1) is 0 Å². The van der Waals surface area contributed by atoms with Gasteiger partial charge in [-0.1, -0.05) is 23.2 Å². The van der Waals surface area contributed by atoms with Gasteiger partial charge in [-0.25, -0.2) is 0 Å². The van der Waals surface area contributed by atoms with Crippen molar-refractivity contribution in [3.63, 3.8) is 0 Å². The molecule has 0 bridgehead atoms. The van der Waals surface area contributed by atoms with E-state index in [9.17, 15) is 9.59 Å². The van der Waals surface area contributed by atoms with Gasteiger partial charge in [0.25, 0.3) is 11.8 Å². The van der Waals surface area contributed by atoms with Crippen LogP contribution < -0.4 is 5.32 Å². The third-order valence-corrected chi connectivity index (χ3v) is 5.24. The van der Waals surface area contributed by atoms with E-state index in [1.807, 2.05) is 0 Å². The summed E-state index contributed by atoms with van der Waals surface area (Å²) in [6.45, 7) is 1.20. The number of carbonyl (C=O) groups is 2. The summed E-state index contributed by atoms with van der Waals surface area (Å²) in [4.78, 5) is 30.5. The molecule has 6 nitrogen and oxygen atoms in total. The van der Waals surface area contributed by atoms with Crippen molar-refractivity contribution in [3.05, 3.63) is 52.0 Å². The van der Waals surface area contributed by atoms with E-state index < -0.39 is 0 Å². The van der Waals surface area contributed by atoms with Gasteiger partial charge < -0.3 is 14.8 Å². The van der Waals surface area contributed by atoms with Crippen LogP contribution in [0.2, 0.25) is 10.2 Å². The normalized spacial score (nSPS) is 15.2. The Morgan fingerprint density at radius 3 is 2.40 bits per heavy atom. The Morgan fingerprint density at radius 2 is 1.84 bits per heavy atom. The second kappa shape index (κ2) is 7.45. The molecule has 1 saturated heterocycles. The summed E-state index contributed by atoms with van der Waals surface area (Å²) in [5.41, 5.74) is 1.05. The summed E-state index contributed by atoms with van der Waals surface area (Å²) in [5, 5.41) is 3.68. The Balaban J connectivity index is 1.56. The maximum Gasteiger partial charge on any atom is 0.268 e. The van der Waals surface area contributed by atoms with Crippen molar-refractivity contribution < 1.29 is 9.59 Å². The minimum Gasteiger partial charge on any atom is -0.348 e. The van der Waals surface area contributed by atoms with Crippen molar-refractivity contribution in [1.29, 1.82) is 0 Å². The van der Waals surface area contributed by atoms with Crippen molar-refractivity contribution in [2.24, 2.45) is 7.05 Å². The largest absolute Gasteiger partial charge is 0.348 e. The summed E-state index contributed by atoms with van der Waals surface area (Å²) in [6, 6.07) is 4.99. The number of carbonyl (C=O) groups excluding carboxylic acids is 2. The first-order chi connectivity index (χ1) is 12.0. The fourth-order valence-corrected chi connectivity index (χ4v) is 3.30. The molecule has 132 valence electrons. The number of nitrogens with one attached hydrogen (secondary N) is 1. The Morgan fingerprint density at radius 1 is 1.20 bits per heavy atom. The smallest absolute Gasteiger partial charge is 0.268 e. The first kappa shape index (κ1) is 17.8. The molecular weight excluding hydrogens is 363 g/mol. The molecule has 1 aliphatic rings. The van der Waals surface area contributed by atoms with Crippen LogP contribution >= 0.6 is 23.2 Å². The van der Waals surface area contributed by atoms with Crippen LogP contribution in [-0.2, 0) is 7.05 Å². The zero-order chi connectivity index (χ0) is 18.0. The van der Waals surface area contributed by atoms with Crippen LogP contribution in [0.15, 0.2) is 30.6 Å². The standard InChI is InChI=1S/C17H18Cl2N4O2/c1-22-14(10-13(18)15(22)19)16(24)21-12-4-8-23(9-5-12)17(25)11-2-6-20-7-3-11/h2-3,6-7,10,12H,4-5,8-9H2,1H3,(H,21,24). The number of amides is 2. The molecule has 0 radical (unpaired) electrons. The highest BCUT2D eigenvalue weighted by molar-refractivity contribution is 6.41. The summed E-state index contributed by atoms with van der Waals surface area (Å²) in [7, 11) is 1.69. The lowest BCUT2D eigenvalue weighted by molar-refractivity contribution is 0.0697. The highest BCUT2D eigenvalue weighted by atomic mass is 35.5. The Bertz CT molecular complexity index is 783. The average Bonchev–Trinajstić information content (AvgIpc) is 2.90. The molecule has 3 rings (SSSR count). The summed E-state index contributed by atoms with van der Waals surface area (Å²) < 4.78 is 1.56. The second-order valence-electron chi connectivity index (χ2n) is 6.00. The van der Waals surface area contributed by atoms with Crippen molar-refractivity contribution >= 4 is 35.0 Å². The van der Waals surface area contributed by atoms with Crippen molar-refractivity contribution in [2.45, 2.75) is 18.9 Å². The number of piperidine rings is 1. The van der Waals surface area contributed by atoms with Gasteiger partial charge in [-0.15, -0.1) is 0 Å². The van der Waals surface area contributed by atoms with Crippen molar-refractivity contribution in [3.8, 4) is 0 Å². The number of halogens is 2. The molecule has 0 unspecified atom stereocenters. The zero-order valence-corrected chi connectivity index (χ0v) is 15.2. The van der Waals surface area contributed by atoms with E-state index >= 15 is 0 Å². The number of nitrogens with zero attached hydrogens (tertiary/aromatic N) is 3. The van der Waals surface area contributed by atoms with Gasteiger partial charge in [-0.3, -0.25) is 14.6 Å². The minimum atomic E-state index is -0.213. The number of hydrogen-bond donors (Lipinski definition) is 1. The SMILES string of the molecule is Cn1c(C(=O)NC2CCN(C(=O)c3ccncc3)CC2)cc(Cl)c1Cl. The van der Waals surface area contributed by atoms with Crippen molar-refractivity contribution in [1.82, 2.24) is 19.8 Å². The third kappa shape index (κ3) is 3.80. The third-order valence-electron chi connectivity index (χ3n) is 4.39. The number of rotatable bonds is 3. The zero-order valence-electron chi connectivity index (χ0n) is 13.7. The molecule has 0 aliphatic carbocycles. The molecule has 1 fully saturated rings. The van der Waals surface area contributed by atoms with Gasteiger partial charge in [0.15, 0.2) is 0 Å². The van der Waals surface area contributed by atoms with Gasteiger partial charge in [0.2, 0.25) is 0 Å². The second-order valence-corrected chi connectivity index (χ2v) is 6.77. The van der Waals surface area contributed by atoms with E-state index in [4.69, 9.17) is 23.2 Å². The molecule has 2 amide bonds. The van der Waals surface area contributed by atoms with E-state index in [1.165, 1.54) is 0 Å². The van der Waals surface area contributed by atoms with E-state index in [-0.39, 0.29) is 17.9 Å². The molecule has 8 heteroatoms. The maximum atomic E-state index is 12.4. The molecule has 25 heavy (non-hydrogen) atoms. The fraction of sp³-hybridized carbons (Fsp3) is 0.353. The number of pyridine rings is 1. The van der Waals surface area contributed by atoms with Gasteiger partial charge >= 0.3 is 0 Å². The molecule has 0 aromatic carbocycles. The lowest BCUT2D eigenvalue weighted by Crippen LogP contribution is -2.46. The van der Waals surface area contributed by atoms with Crippen LogP contribution in [-0.4, -0.2) is 45.4 Å². The van der Waals surface area contributed by atoms with Gasteiger partial charge in [-0.2, -0.15) is 0 Å².